The van der Waals surface area contributed by atoms with Crippen LogP contribution in [0.4, 0.5) is 0 Å². The molecule has 0 saturated heterocycles. The standard InChI is InChI=1S/C16H28N2OSi2/c1-20(2,15-11-7-5-9-13-17)19-21(3,4)16-12-8-6-10-14-18/h11-12,15-16H,5-10H2,1-4H3/b15-11+,16-12+. The van der Waals surface area contributed by atoms with E-state index >= 15 is 0 Å². The summed E-state index contributed by atoms with van der Waals surface area (Å²) < 4.78 is 6.41. The molecule has 21 heavy (non-hydrogen) atoms. The highest BCUT2D eigenvalue weighted by Crippen LogP contribution is 2.17. The van der Waals surface area contributed by atoms with Crippen molar-refractivity contribution < 1.29 is 4.12 Å². The molecule has 0 aliphatic heterocycles. The Bertz CT molecular complexity index is 389. The van der Waals surface area contributed by atoms with Gasteiger partial charge in [-0.3, -0.25) is 0 Å². The molecule has 0 unspecified atom stereocenters. The van der Waals surface area contributed by atoms with Crippen LogP contribution >= 0.6 is 0 Å². The van der Waals surface area contributed by atoms with Crippen LogP contribution in [0.2, 0.25) is 26.2 Å². The number of nitriles is 2. The fourth-order valence-electron chi connectivity index (χ4n) is 2.08. The Balaban J connectivity index is 4.27. The Hall–Kier alpha value is -1.15. The van der Waals surface area contributed by atoms with Crippen molar-refractivity contribution in [2.75, 3.05) is 0 Å². The topological polar surface area (TPSA) is 56.8 Å². The lowest BCUT2D eigenvalue weighted by atomic mass is 10.2. The summed E-state index contributed by atoms with van der Waals surface area (Å²) in [5.74, 6) is 0. The first-order chi connectivity index (χ1) is 9.83. The van der Waals surface area contributed by atoms with Crippen LogP contribution in [0.3, 0.4) is 0 Å². The monoisotopic (exact) mass is 320 g/mol. The van der Waals surface area contributed by atoms with Crippen molar-refractivity contribution in [2.45, 2.75) is 64.7 Å². The van der Waals surface area contributed by atoms with Gasteiger partial charge in [-0.1, -0.05) is 23.6 Å². The first-order valence-corrected chi connectivity index (χ1v) is 13.6. The minimum absolute atomic E-state index is 0.624. The van der Waals surface area contributed by atoms with Gasteiger partial charge in [-0.15, -0.1) is 0 Å². The normalized spacial score (nSPS) is 12.7. The molecule has 0 aromatic heterocycles. The fourth-order valence-corrected chi connectivity index (χ4v) is 9.51. The number of rotatable bonds is 10. The molecule has 0 aliphatic carbocycles. The van der Waals surface area contributed by atoms with Crippen LogP contribution in [-0.2, 0) is 4.12 Å². The van der Waals surface area contributed by atoms with Gasteiger partial charge in [-0.2, -0.15) is 10.5 Å². The molecule has 3 nitrogen and oxygen atoms in total. The van der Waals surface area contributed by atoms with Crippen molar-refractivity contribution in [1.82, 2.24) is 0 Å². The minimum atomic E-state index is -1.78. The summed E-state index contributed by atoms with van der Waals surface area (Å²) in [5, 5.41) is 17.0. The Morgan fingerprint density at radius 3 is 1.52 bits per heavy atom. The summed E-state index contributed by atoms with van der Waals surface area (Å²) in [4.78, 5) is 0. The molecule has 0 aromatic carbocycles. The van der Waals surface area contributed by atoms with Crippen LogP contribution < -0.4 is 0 Å². The van der Waals surface area contributed by atoms with Gasteiger partial charge in [0, 0.05) is 12.8 Å². The summed E-state index contributed by atoms with van der Waals surface area (Å²) in [5.41, 5.74) is 4.48. The number of unbranched alkanes of at least 4 members (excludes halogenated alkanes) is 4. The average molecular weight is 321 g/mol. The third-order valence-electron chi connectivity index (χ3n) is 2.88. The molecular weight excluding hydrogens is 292 g/mol. The Kier molecular flexibility index (Phi) is 9.99. The number of hydrogen-bond donors (Lipinski definition) is 0. The summed E-state index contributed by atoms with van der Waals surface area (Å²) in [7, 11) is -3.56. The Morgan fingerprint density at radius 1 is 0.810 bits per heavy atom. The summed E-state index contributed by atoms with van der Waals surface area (Å²) in [6, 6.07) is 4.33. The van der Waals surface area contributed by atoms with E-state index < -0.39 is 16.6 Å². The molecule has 0 atom stereocenters. The van der Waals surface area contributed by atoms with Crippen molar-refractivity contribution in [3.63, 3.8) is 0 Å². The van der Waals surface area contributed by atoms with Gasteiger partial charge in [0.05, 0.1) is 12.1 Å². The maximum absolute atomic E-state index is 8.50. The second-order valence-corrected chi connectivity index (χ2v) is 14.1. The van der Waals surface area contributed by atoms with E-state index in [0.717, 1.165) is 25.7 Å². The van der Waals surface area contributed by atoms with Gasteiger partial charge in [0.2, 0.25) is 0 Å². The van der Waals surface area contributed by atoms with Gasteiger partial charge in [0.15, 0.2) is 16.6 Å². The maximum atomic E-state index is 8.50. The maximum Gasteiger partial charge on any atom is 0.198 e. The summed E-state index contributed by atoms with van der Waals surface area (Å²) >= 11 is 0. The number of nitrogens with zero attached hydrogens (tertiary/aromatic N) is 2. The predicted octanol–water partition coefficient (Wildman–Crippen LogP) is 4.99. The van der Waals surface area contributed by atoms with Crippen molar-refractivity contribution in [3.8, 4) is 12.1 Å². The SMILES string of the molecule is C[Si](C)(/C=C/CCCC#N)O[Si](C)(C)/C=C/CCCC#N. The van der Waals surface area contributed by atoms with Crippen LogP contribution in [0, 0.1) is 22.7 Å². The lowest BCUT2D eigenvalue weighted by Gasteiger charge is -2.29. The fraction of sp³-hybridized carbons (Fsp3) is 0.625. The summed E-state index contributed by atoms with van der Waals surface area (Å²) in [6.45, 7) is 8.86. The van der Waals surface area contributed by atoms with Crippen LogP contribution in [0.25, 0.3) is 0 Å². The van der Waals surface area contributed by atoms with Crippen LogP contribution in [-0.4, -0.2) is 16.6 Å². The van der Waals surface area contributed by atoms with E-state index in [0.29, 0.717) is 12.8 Å². The van der Waals surface area contributed by atoms with E-state index in [1.807, 2.05) is 0 Å². The van der Waals surface area contributed by atoms with Gasteiger partial charge < -0.3 is 4.12 Å². The van der Waals surface area contributed by atoms with E-state index in [-0.39, 0.29) is 0 Å². The predicted molar refractivity (Wildman–Crippen MR) is 93.3 cm³/mol. The largest absolute Gasteiger partial charge is 0.449 e. The number of hydrogen-bond acceptors (Lipinski definition) is 3. The van der Waals surface area contributed by atoms with Crippen molar-refractivity contribution in [2.24, 2.45) is 0 Å². The van der Waals surface area contributed by atoms with E-state index in [2.05, 4.69) is 61.9 Å². The minimum Gasteiger partial charge on any atom is -0.449 e. The zero-order valence-corrected chi connectivity index (χ0v) is 15.9. The van der Waals surface area contributed by atoms with Crippen molar-refractivity contribution in [3.05, 3.63) is 23.6 Å². The van der Waals surface area contributed by atoms with Gasteiger partial charge in [-0.05, 0) is 51.9 Å². The average Bonchev–Trinajstić information content (AvgIpc) is 2.36. The second-order valence-electron chi connectivity index (χ2n) is 6.21. The first kappa shape index (κ1) is 19.9. The lowest BCUT2D eigenvalue weighted by molar-refractivity contribution is 0.570. The quantitative estimate of drug-likeness (QED) is 0.421. The third-order valence-corrected chi connectivity index (χ3v) is 9.17. The Morgan fingerprint density at radius 2 is 1.19 bits per heavy atom. The van der Waals surface area contributed by atoms with Gasteiger partial charge in [0.1, 0.15) is 0 Å². The van der Waals surface area contributed by atoms with Gasteiger partial charge >= 0.3 is 0 Å². The molecule has 0 aromatic rings. The molecule has 0 bridgehead atoms. The molecule has 116 valence electrons. The van der Waals surface area contributed by atoms with Crippen LogP contribution in [0.5, 0.6) is 0 Å². The van der Waals surface area contributed by atoms with E-state index in [1.165, 1.54) is 0 Å². The molecule has 0 heterocycles. The number of allylic oxidation sites excluding steroid dienone is 2. The van der Waals surface area contributed by atoms with Gasteiger partial charge in [-0.25, -0.2) is 0 Å². The third kappa shape index (κ3) is 12.3. The molecule has 0 N–H and O–H groups in total. The van der Waals surface area contributed by atoms with E-state index in [1.54, 1.807) is 0 Å². The smallest absolute Gasteiger partial charge is 0.198 e. The Labute approximate surface area is 132 Å². The molecule has 0 radical (unpaired) electrons. The molecule has 0 rings (SSSR count). The first-order valence-electron chi connectivity index (χ1n) is 7.62. The molecule has 0 amide bonds. The zero-order valence-electron chi connectivity index (χ0n) is 13.9. The lowest BCUT2D eigenvalue weighted by Crippen LogP contribution is -2.42. The van der Waals surface area contributed by atoms with Crippen molar-refractivity contribution in [1.29, 1.82) is 10.5 Å². The molecular formula is C16H28N2OSi2. The summed E-state index contributed by atoms with van der Waals surface area (Å²) in [6.07, 6.45) is 9.36. The second kappa shape index (κ2) is 10.6. The molecule has 0 aliphatic rings. The van der Waals surface area contributed by atoms with Crippen molar-refractivity contribution >= 4 is 16.6 Å². The molecule has 0 spiro atoms. The highest BCUT2D eigenvalue weighted by molar-refractivity contribution is 6.89. The van der Waals surface area contributed by atoms with E-state index in [9.17, 15) is 0 Å². The molecule has 0 fully saturated rings. The highest BCUT2D eigenvalue weighted by Gasteiger charge is 2.28. The molecule has 0 saturated carbocycles. The molecule has 5 heteroatoms. The van der Waals surface area contributed by atoms with Gasteiger partial charge in [0.25, 0.3) is 0 Å². The van der Waals surface area contributed by atoms with Crippen LogP contribution in [0.15, 0.2) is 23.6 Å². The van der Waals surface area contributed by atoms with Crippen LogP contribution in [0.1, 0.15) is 38.5 Å². The van der Waals surface area contributed by atoms with E-state index in [4.69, 9.17) is 14.6 Å². The zero-order chi connectivity index (χ0) is 16.2. The highest BCUT2D eigenvalue weighted by atomic mass is 28.4.